The molecule has 0 aliphatic rings. The minimum atomic E-state index is 0.147. The molecule has 0 radical (unpaired) electrons. The molecule has 0 heterocycles. The SMILES string of the molecule is CCc1ccc(/C=C(\C#N)C=O)cc1. The molecular weight excluding hydrogens is 174 g/mol. The number of allylic oxidation sites excluding steroid dienone is 1. The molecule has 0 fully saturated rings. The number of rotatable bonds is 3. The van der Waals surface area contributed by atoms with Gasteiger partial charge >= 0.3 is 0 Å². The van der Waals surface area contributed by atoms with E-state index < -0.39 is 0 Å². The van der Waals surface area contributed by atoms with E-state index in [0.29, 0.717) is 6.29 Å². The molecule has 0 saturated heterocycles. The van der Waals surface area contributed by atoms with Crippen LogP contribution in [0.3, 0.4) is 0 Å². The van der Waals surface area contributed by atoms with Gasteiger partial charge in [-0.1, -0.05) is 31.2 Å². The Morgan fingerprint density at radius 2 is 2.07 bits per heavy atom. The fraction of sp³-hybridized carbons (Fsp3) is 0.167. The van der Waals surface area contributed by atoms with E-state index in [9.17, 15) is 4.79 Å². The summed E-state index contributed by atoms with van der Waals surface area (Å²) in [7, 11) is 0. The average molecular weight is 185 g/mol. The second-order valence-electron chi connectivity index (χ2n) is 2.92. The van der Waals surface area contributed by atoms with E-state index in [1.807, 2.05) is 30.3 Å². The highest BCUT2D eigenvalue weighted by molar-refractivity contribution is 5.86. The smallest absolute Gasteiger partial charge is 0.160 e. The zero-order chi connectivity index (χ0) is 10.4. The lowest BCUT2D eigenvalue weighted by Crippen LogP contribution is -1.82. The highest BCUT2D eigenvalue weighted by Crippen LogP contribution is 2.08. The van der Waals surface area contributed by atoms with Gasteiger partial charge in [0.15, 0.2) is 6.29 Å². The maximum Gasteiger partial charge on any atom is 0.160 e. The lowest BCUT2D eigenvalue weighted by atomic mass is 10.1. The molecule has 0 N–H and O–H groups in total. The number of carbonyl (C=O) groups is 1. The number of aryl methyl sites for hydroxylation is 1. The molecule has 2 heteroatoms. The van der Waals surface area contributed by atoms with Crippen molar-refractivity contribution in [3.8, 4) is 6.07 Å². The molecule has 0 spiro atoms. The summed E-state index contributed by atoms with van der Waals surface area (Å²) in [6.07, 6.45) is 3.13. The van der Waals surface area contributed by atoms with Gasteiger partial charge in [-0.25, -0.2) is 0 Å². The van der Waals surface area contributed by atoms with Crippen LogP contribution in [0.25, 0.3) is 6.08 Å². The van der Waals surface area contributed by atoms with Crippen LogP contribution in [0.1, 0.15) is 18.1 Å². The van der Waals surface area contributed by atoms with Crippen molar-refractivity contribution >= 4 is 12.4 Å². The molecule has 0 atom stereocenters. The van der Waals surface area contributed by atoms with E-state index in [2.05, 4.69) is 6.92 Å². The van der Waals surface area contributed by atoms with Gasteiger partial charge < -0.3 is 0 Å². The summed E-state index contributed by atoms with van der Waals surface area (Å²) >= 11 is 0. The van der Waals surface area contributed by atoms with Gasteiger partial charge in [-0.3, -0.25) is 4.79 Å². The molecule has 0 aliphatic carbocycles. The van der Waals surface area contributed by atoms with Crippen LogP contribution in [0.4, 0.5) is 0 Å². The summed E-state index contributed by atoms with van der Waals surface area (Å²) in [6.45, 7) is 2.08. The minimum Gasteiger partial charge on any atom is -0.297 e. The molecule has 1 rings (SSSR count). The summed E-state index contributed by atoms with van der Waals surface area (Å²) in [6, 6.07) is 9.61. The molecule has 14 heavy (non-hydrogen) atoms. The van der Waals surface area contributed by atoms with Crippen LogP contribution < -0.4 is 0 Å². The van der Waals surface area contributed by atoms with Crippen molar-refractivity contribution in [2.75, 3.05) is 0 Å². The molecule has 70 valence electrons. The Balaban J connectivity index is 2.94. The van der Waals surface area contributed by atoms with Gasteiger partial charge in [0.2, 0.25) is 0 Å². The first-order chi connectivity index (χ1) is 6.80. The third-order valence-corrected chi connectivity index (χ3v) is 1.97. The minimum absolute atomic E-state index is 0.147. The van der Waals surface area contributed by atoms with E-state index in [4.69, 9.17) is 5.26 Å². The number of nitriles is 1. The Labute approximate surface area is 83.5 Å². The number of hydrogen-bond donors (Lipinski definition) is 0. The number of nitrogens with zero attached hydrogens (tertiary/aromatic N) is 1. The Hall–Kier alpha value is -1.88. The van der Waals surface area contributed by atoms with Crippen LogP contribution in [0.5, 0.6) is 0 Å². The highest BCUT2D eigenvalue weighted by atomic mass is 16.1. The van der Waals surface area contributed by atoms with E-state index in [0.717, 1.165) is 12.0 Å². The maximum absolute atomic E-state index is 10.4. The molecule has 1 aromatic carbocycles. The van der Waals surface area contributed by atoms with Crippen LogP contribution in [-0.2, 0) is 11.2 Å². The predicted octanol–water partition coefficient (Wildman–Crippen LogP) is 2.35. The van der Waals surface area contributed by atoms with Gasteiger partial charge in [-0.05, 0) is 23.6 Å². The average Bonchev–Trinajstić information content (AvgIpc) is 2.26. The van der Waals surface area contributed by atoms with E-state index in [1.165, 1.54) is 5.56 Å². The summed E-state index contributed by atoms with van der Waals surface area (Å²) in [5, 5.41) is 8.54. The quantitative estimate of drug-likeness (QED) is 0.412. The summed E-state index contributed by atoms with van der Waals surface area (Å²) in [5.74, 6) is 0. The molecule has 0 saturated carbocycles. The first-order valence-corrected chi connectivity index (χ1v) is 4.46. The predicted molar refractivity (Wildman–Crippen MR) is 55.5 cm³/mol. The van der Waals surface area contributed by atoms with Gasteiger partial charge in [-0.15, -0.1) is 0 Å². The molecule has 2 nitrogen and oxygen atoms in total. The van der Waals surface area contributed by atoms with Crippen molar-refractivity contribution in [2.24, 2.45) is 0 Å². The van der Waals surface area contributed by atoms with Crippen molar-refractivity contribution in [3.63, 3.8) is 0 Å². The Kier molecular flexibility index (Phi) is 3.63. The van der Waals surface area contributed by atoms with Crippen LogP contribution in [-0.4, -0.2) is 6.29 Å². The fourth-order valence-electron chi connectivity index (χ4n) is 1.12. The largest absolute Gasteiger partial charge is 0.297 e. The third-order valence-electron chi connectivity index (χ3n) is 1.97. The topological polar surface area (TPSA) is 40.9 Å². The molecule has 0 bridgehead atoms. The second kappa shape index (κ2) is 4.98. The van der Waals surface area contributed by atoms with E-state index in [1.54, 1.807) is 6.08 Å². The molecule has 0 amide bonds. The molecule has 0 unspecified atom stereocenters. The third kappa shape index (κ3) is 2.56. The van der Waals surface area contributed by atoms with Gasteiger partial charge in [0.1, 0.15) is 6.07 Å². The number of aldehydes is 1. The second-order valence-corrected chi connectivity index (χ2v) is 2.92. The fourth-order valence-corrected chi connectivity index (χ4v) is 1.12. The van der Waals surface area contributed by atoms with Crippen molar-refractivity contribution in [1.29, 1.82) is 5.26 Å². The normalized spacial score (nSPS) is 10.7. The first kappa shape index (κ1) is 10.2. The van der Waals surface area contributed by atoms with Gasteiger partial charge in [0, 0.05) is 0 Å². The standard InChI is InChI=1S/C12H11NO/c1-2-10-3-5-11(6-4-10)7-12(8-13)9-14/h3-7,9H,2H2,1H3/b12-7+. The first-order valence-electron chi connectivity index (χ1n) is 4.46. The Morgan fingerprint density at radius 1 is 1.43 bits per heavy atom. The van der Waals surface area contributed by atoms with Crippen molar-refractivity contribution < 1.29 is 4.79 Å². The Bertz CT molecular complexity index is 382. The summed E-state index contributed by atoms with van der Waals surface area (Å²) in [5.41, 5.74) is 2.27. The Morgan fingerprint density at radius 3 is 2.50 bits per heavy atom. The van der Waals surface area contributed by atoms with Crippen molar-refractivity contribution in [3.05, 3.63) is 41.0 Å². The lowest BCUT2D eigenvalue weighted by Gasteiger charge is -1.96. The monoisotopic (exact) mass is 185 g/mol. The van der Waals surface area contributed by atoms with Gasteiger partial charge in [0.25, 0.3) is 0 Å². The van der Waals surface area contributed by atoms with Crippen LogP contribution >= 0.6 is 0 Å². The summed E-state index contributed by atoms with van der Waals surface area (Å²) in [4.78, 5) is 10.4. The molecule has 1 aromatic rings. The van der Waals surface area contributed by atoms with E-state index >= 15 is 0 Å². The zero-order valence-electron chi connectivity index (χ0n) is 8.03. The molecule has 0 aliphatic heterocycles. The van der Waals surface area contributed by atoms with Crippen LogP contribution in [0.2, 0.25) is 0 Å². The maximum atomic E-state index is 10.4. The lowest BCUT2D eigenvalue weighted by molar-refractivity contribution is -0.104. The molecular formula is C12H11NO. The zero-order valence-corrected chi connectivity index (χ0v) is 8.03. The number of benzene rings is 1. The number of carbonyl (C=O) groups excluding carboxylic acids is 1. The van der Waals surface area contributed by atoms with Crippen LogP contribution in [0.15, 0.2) is 29.8 Å². The van der Waals surface area contributed by atoms with Gasteiger partial charge in [-0.2, -0.15) is 5.26 Å². The van der Waals surface area contributed by atoms with Gasteiger partial charge in [0.05, 0.1) is 5.57 Å². The number of hydrogen-bond acceptors (Lipinski definition) is 2. The van der Waals surface area contributed by atoms with Crippen molar-refractivity contribution in [2.45, 2.75) is 13.3 Å². The highest BCUT2D eigenvalue weighted by Gasteiger charge is 1.93. The van der Waals surface area contributed by atoms with Crippen molar-refractivity contribution in [1.82, 2.24) is 0 Å². The van der Waals surface area contributed by atoms with Crippen LogP contribution in [0, 0.1) is 11.3 Å². The summed E-state index contributed by atoms with van der Waals surface area (Å²) < 4.78 is 0. The van der Waals surface area contributed by atoms with E-state index in [-0.39, 0.29) is 5.57 Å². The molecule has 0 aromatic heterocycles.